The third-order valence-corrected chi connectivity index (χ3v) is 5.31. The molecule has 0 aliphatic rings. The predicted molar refractivity (Wildman–Crippen MR) is 127 cm³/mol. The smallest absolute Gasteiger partial charge is 0.433 e. The van der Waals surface area contributed by atoms with Crippen molar-refractivity contribution >= 4 is 34.2 Å². The topological polar surface area (TPSA) is 118 Å². The van der Waals surface area contributed by atoms with E-state index in [-0.39, 0.29) is 11.6 Å². The molecule has 5 rings (SSSR count). The molecule has 5 aromatic rings. The van der Waals surface area contributed by atoms with Crippen LogP contribution in [-0.2, 0) is 13.2 Å². The Kier molecular flexibility index (Phi) is 5.66. The number of rotatable bonds is 6. The molecule has 0 unspecified atom stereocenters. The first-order chi connectivity index (χ1) is 17.2. The molecule has 0 radical (unpaired) electrons. The number of imidazole rings is 1. The second-order valence-corrected chi connectivity index (χ2v) is 7.82. The number of benzene rings is 1. The largest absolute Gasteiger partial charge is 0.494 e. The molecule has 0 aliphatic heterocycles. The summed E-state index contributed by atoms with van der Waals surface area (Å²) in [5.74, 6) is 2.03. The molecule has 0 saturated heterocycles. The van der Waals surface area contributed by atoms with E-state index < -0.39 is 11.9 Å². The SMILES string of the molecule is COc1c(Nc2cc(Nc3cccc(C(F)(F)F)n3)nc3[nH]c(C)nc23)cccc1-c1ncnn1C. The van der Waals surface area contributed by atoms with Crippen molar-refractivity contribution in [1.82, 2.24) is 34.7 Å². The number of alkyl halides is 3. The van der Waals surface area contributed by atoms with Crippen molar-refractivity contribution in [3.63, 3.8) is 0 Å². The number of H-pyrrole nitrogens is 1. The average Bonchev–Trinajstić information content (AvgIpc) is 3.43. The number of fused-ring (bicyclic) bond motifs is 1. The molecule has 4 heterocycles. The lowest BCUT2D eigenvalue weighted by molar-refractivity contribution is -0.141. The molecule has 0 aliphatic carbocycles. The zero-order chi connectivity index (χ0) is 25.4. The molecule has 3 N–H and O–H groups in total. The van der Waals surface area contributed by atoms with Crippen LogP contribution in [-0.4, -0.2) is 41.8 Å². The first-order valence-electron chi connectivity index (χ1n) is 10.7. The molecule has 0 bridgehead atoms. The summed E-state index contributed by atoms with van der Waals surface area (Å²) in [4.78, 5) is 20.0. The molecule has 184 valence electrons. The Morgan fingerprint density at radius 2 is 1.78 bits per heavy atom. The van der Waals surface area contributed by atoms with E-state index in [9.17, 15) is 13.2 Å². The highest BCUT2D eigenvalue weighted by molar-refractivity contribution is 5.92. The first-order valence-corrected chi connectivity index (χ1v) is 10.7. The summed E-state index contributed by atoms with van der Waals surface area (Å²) in [5, 5.41) is 10.3. The minimum absolute atomic E-state index is 0.000669. The van der Waals surface area contributed by atoms with Crippen molar-refractivity contribution in [2.75, 3.05) is 17.7 Å². The van der Waals surface area contributed by atoms with Crippen LogP contribution in [0.2, 0.25) is 0 Å². The van der Waals surface area contributed by atoms with E-state index in [1.807, 2.05) is 18.2 Å². The lowest BCUT2D eigenvalue weighted by atomic mass is 10.1. The van der Waals surface area contributed by atoms with E-state index in [0.717, 1.165) is 11.6 Å². The summed E-state index contributed by atoms with van der Waals surface area (Å²) in [5.41, 5.74) is 1.87. The second-order valence-electron chi connectivity index (χ2n) is 7.82. The number of ether oxygens (including phenoxy) is 1. The number of anilines is 4. The number of hydrogen-bond donors (Lipinski definition) is 3. The van der Waals surface area contributed by atoms with Crippen LogP contribution < -0.4 is 15.4 Å². The molecular formula is C23H20F3N9O. The predicted octanol–water partition coefficient (Wildman–Crippen LogP) is 4.97. The van der Waals surface area contributed by atoms with E-state index in [4.69, 9.17) is 4.74 Å². The quantitative estimate of drug-likeness (QED) is 0.302. The lowest BCUT2D eigenvalue weighted by Crippen LogP contribution is -2.09. The molecular weight excluding hydrogens is 475 g/mol. The van der Waals surface area contributed by atoms with E-state index in [1.54, 1.807) is 31.8 Å². The molecule has 1 aromatic carbocycles. The summed E-state index contributed by atoms with van der Waals surface area (Å²) in [6.45, 7) is 1.78. The number of pyridine rings is 2. The van der Waals surface area contributed by atoms with Gasteiger partial charge in [-0.1, -0.05) is 12.1 Å². The van der Waals surface area contributed by atoms with E-state index in [0.29, 0.717) is 39.9 Å². The van der Waals surface area contributed by atoms with Gasteiger partial charge in [0.1, 0.15) is 35.0 Å². The highest BCUT2D eigenvalue weighted by Gasteiger charge is 2.32. The highest BCUT2D eigenvalue weighted by Crippen LogP contribution is 2.38. The number of nitrogens with one attached hydrogen (secondary N) is 3. The molecule has 10 nitrogen and oxygen atoms in total. The lowest BCUT2D eigenvalue weighted by Gasteiger charge is -2.16. The number of halogens is 3. The van der Waals surface area contributed by atoms with Gasteiger partial charge in [-0.05, 0) is 31.2 Å². The first kappa shape index (κ1) is 23.1. The Balaban J connectivity index is 1.56. The monoisotopic (exact) mass is 495 g/mol. The van der Waals surface area contributed by atoms with Gasteiger partial charge in [-0.15, -0.1) is 0 Å². The van der Waals surface area contributed by atoms with E-state index in [1.165, 1.54) is 18.5 Å². The maximum absolute atomic E-state index is 13.1. The fourth-order valence-electron chi connectivity index (χ4n) is 3.77. The Hall–Kier alpha value is -4.68. The number of methoxy groups -OCH3 is 1. The van der Waals surface area contributed by atoms with Gasteiger partial charge in [0.15, 0.2) is 17.2 Å². The highest BCUT2D eigenvalue weighted by atomic mass is 19.4. The number of aromatic nitrogens is 7. The van der Waals surface area contributed by atoms with Crippen LogP contribution in [0.4, 0.5) is 36.2 Å². The third-order valence-electron chi connectivity index (χ3n) is 5.31. The Morgan fingerprint density at radius 1 is 0.972 bits per heavy atom. The third kappa shape index (κ3) is 4.37. The summed E-state index contributed by atoms with van der Waals surface area (Å²) < 4.78 is 46.6. The van der Waals surface area contributed by atoms with E-state index >= 15 is 0 Å². The van der Waals surface area contributed by atoms with Crippen LogP contribution in [0.25, 0.3) is 22.6 Å². The molecule has 0 saturated carbocycles. The van der Waals surface area contributed by atoms with Gasteiger partial charge >= 0.3 is 6.18 Å². The van der Waals surface area contributed by atoms with Crippen molar-refractivity contribution in [3.05, 3.63) is 60.3 Å². The normalized spacial score (nSPS) is 11.6. The molecule has 4 aromatic heterocycles. The fourth-order valence-corrected chi connectivity index (χ4v) is 3.77. The molecule has 0 spiro atoms. The summed E-state index contributed by atoms with van der Waals surface area (Å²) >= 11 is 0. The van der Waals surface area contributed by atoms with Crippen molar-refractivity contribution in [2.45, 2.75) is 13.1 Å². The minimum atomic E-state index is -4.56. The van der Waals surface area contributed by atoms with Crippen molar-refractivity contribution in [1.29, 1.82) is 0 Å². The van der Waals surface area contributed by atoms with Gasteiger partial charge in [0.25, 0.3) is 0 Å². The summed E-state index contributed by atoms with van der Waals surface area (Å²) in [7, 11) is 3.33. The molecule has 0 atom stereocenters. The van der Waals surface area contributed by atoms with Gasteiger partial charge in [-0.2, -0.15) is 18.3 Å². The van der Waals surface area contributed by atoms with Crippen LogP contribution in [0.15, 0.2) is 48.8 Å². The fraction of sp³-hybridized carbons (Fsp3) is 0.174. The Morgan fingerprint density at radius 3 is 2.50 bits per heavy atom. The van der Waals surface area contributed by atoms with Gasteiger partial charge in [0, 0.05) is 13.1 Å². The van der Waals surface area contributed by atoms with E-state index in [2.05, 4.69) is 40.7 Å². The Labute approximate surface area is 202 Å². The minimum Gasteiger partial charge on any atom is -0.494 e. The van der Waals surface area contributed by atoms with Gasteiger partial charge < -0.3 is 20.4 Å². The number of nitrogens with zero attached hydrogens (tertiary/aromatic N) is 6. The molecule has 0 fully saturated rings. The van der Waals surface area contributed by atoms with Crippen LogP contribution in [0.5, 0.6) is 5.75 Å². The number of aryl methyl sites for hydroxylation is 2. The van der Waals surface area contributed by atoms with Gasteiger partial charge in [0.05, 0.1) is 24.0 Å². The van der Waals surface area contributed by atoms with Crippen LogP contribution in [0, 0.1) is 6.92 Å². The van der Waals surface area contributed by atoms with Crippen molar-refractivity contribution in [2.24, 2.45) is 7.05 Å². The Bertz CT molecular complexity index is 1560. The van der Waals surface area contributed by atoms with Crippen LogP contribution in [0.3, 0.4) is 0 Å². The summed E-state index contributed by atoms with van der Waals surface area (Å²) in [6.07, 6.45) is -3.11. The van der Waals surface area contributed by atoms with Gasteiger partial charge in [-0.3, -0.25) is 0 Å². The number of aromatic amines is 1. The average molecular weight is 495 g/mol. The second kappa shape index (κ2) is 8.83. The van der Waals surface area contributed by atoms with Crippen LogP contribution >= 0.6 is 0 Å². The standard InChI is InChI=1S/C23H20F3N9O/c1-12-29-19-15(31-14-7-4-6-13(20(14)36-3)22-27-11-28-35(22)2)10-18(34-21(19)30-12)33-17-9-5-8-16(32-17)23(24,25)26/h4-11H,1-3H3,(H3,29,30,31,32,33,34). The van der Waals surface area contributed by atoms with Crippen LogP contribution in [0.1, 0.15) is 11.5 Å². The van der Waals surface area contributed by atoms with Gasteiger partial charge in [-0.25, -0.2) is 24.6 Å². The zero-order valence-corrected chi connectivity index (χ0v) is 19.3. The zero-order valence-electron chi connectivity index (χ0n) is 19.3. The number of para-hydroxylation sites is 1. The molecule has 0 amide bonds. The maximum Gasteiger partial charge on any atom is 0.433 e. The van der Waals surface area contributed by atoms with Crippen molar-refractivity contribution < 1.29 is 17.9 Å². The van der Waals surface area contributed by atoms with Crippen molar-refractivity contribution in [3.8, 4) is 17.1 Å². The molecule has 36 heavy (non-hydrogen) atoms. The maximum atomic E-state index is 13.1. The number of hydrogen-bond acceptors (Lipinski definition) is 8. The van der Waals surface area contributed by atoms with Gasteiger partial charge in [0.2, 0.25) is 0 Å². The molecule has 13 heteroatoms. The summed E-state index contributed by atoms with van der Waals surface area (Å²) in [6, 6.07) is 10.8.